The average Bonchev–Trinajstić information content (AvgIpc) is 3.15. The van der Waals surface area contributed by atoms with E-state index in [2.05, 4.69) is 15.2 Å². The fourth-order valence-electron chi connectivity index (χ4n) is 4.36. The molecular formula is C16H22N4OS. The zero-order chi connectivity index (χ0) is 15.2. The second-order valence-corrected chi connectivity index (χ2v) is 7.36. The summed E-state index contributed by atoms with van der Waals surface area (Å²) in [6.45, 7) is 0.803. The summed E-state index contributed by atoms with van der Waals surface area (Å²) in [5.41, 5.74) is 0.725. The smallest absolute Gasteiger partial charge is 0.246 e. The Labute approximate surface area is 135 Å². The van der Waals surface area contributed by atoms with E-state index in [4.69, 9.17) is 4.98 Å². The quantitative estimate of drug-likeness (QED) is 0.669. The highest BCUT2D eigenvalue weighted by Crippen LogP contribution is 2.45. The zero-order valence-corrected chi connectivity index (χ0v) is 13.8. The maximum Gasteiger partial charge on any atom is 0.246 e. The Balaban J connectivity index is 1.81. The summed E-state index contributed by atoms with van der Waals surface area (Å²) in [6.07, 6.45) is 11.5. The lowest BCUT2D eigenvalue weighted by Gasteiger charge is -2.44. The van der Waals surface area contributed by atoms with Crippen LogP contribution in [0, 0.1) is 0 Å². The van der Waals surface area contributed by atoms with Gasteiger partial charge in [0.05, 0.1) is 0 Å². The van der Waals surface area contributed by atoms with Crippen LogP contribution in [0.25, 0.3) is 0 Å². The Bertz CT molecular complexity index is 602. The molecular weight excluding hydrogens is 296 g/mol. The normalized spacial score (nSPS) is 28.2. The first kappa shape index (κ1) is 14.3. The van der Waals surface area contributed by atoms with Gasteiger partial charge in [0.25, 0.3) is 0 Å². The number of nitrogens with one attached hydrogen (secondary N) is 1. The van der Waals surface area contributed by atoms with Crippen LogP contribution in [-0.4, -0.2) is 40.3 Å². The number of aromatic nitrogens is 2. The molecule has 118 valence electrons. The Hall–Kier alpha value is -1.30. The van der Waals surface area contributed by atoms with E-state index in [9.17, 15) is 4.79 Å². The SMILES string of the molecule is CSc1ncc2c(n1)N(C1CCCC1)C1(CCCNC1=O)C2. The molecule has 1 unspecified atom stereocenters. The predicted octanol–water partition coefficient (Wildman–Crippen LogP) is 2.15. The molecule has 1 aliphatic carbocycles. The number of nitrogens with zero attached hydrogens (tertiary/aromatic N) is 3. The van der Waals surface area contributed by atoms with Crippen LogP contribution < -0.4 is 10.2 Å². The molecule has 0 aromatic carbocycles. The molecule has 3 heterocycles. The second kappa shape index (κ2) is 5.41. The summed E-state index contributed by atoms with van der Waals surface area (Å²) in [4.78, 5) is 24.4. The summed E-state index contributed by atoms with van der Waals surface area (Å²) in [5.74, 6) is 1.21. The highest BCUT2D eigenvalue weighted by atomic mass is 32.2. The molecule has 4 rings (SSSR count). The van der Waals surface area contributed by atoms with E-state index in [1.165, 1.54) is 25.7 Å². The molecule has 22 heavy (non-hydrogen) atoms. The fourth-order valence-corrected chi connectivity index (χ4v) is 4.70. The van der Waals surface area contributed by atoms with E-state index in [0.717, 1.165) is 42.3 Å². The Morgan fingerprint density at radius 1 is 1.36 bits per heavy atom. The van der Waals surface area contributed by atoms with E-state index in [0.29, 0.717) is 6.04 Å². The number of amides is 1. The van der Waals surface area contributed by atoms with Crippen molar-refractivity contribution < 1.29 is 4.79 Å². The summed E-state index contributed by atoms with van der Waals surface area (Å²) in [5, 5.41) is 3.90. The molecule has 0 radical (unpaired) electrons. The Morgan fingerprint density at radius 2 is 2.18 bits per heavy atom. The van der Waals surface area contributed by atoms with Crippen LogP contribution in [-0.2, 0) is 11.2 Å². The van der Waals surface area contributed by atoms with Gasteiger partial charge in [-0.2, -0.15) is 0 Å². The minimum absolute atomic E-state index is 0.189. The van der Waals surface area contributed by atoms with Crippen molar-refractivity contribution in [2.24, 2.45) is 0 Å². The van der Waals surface area contributed by atoms with Crippen molar-refractivity contribution in [3.63, 3.8) is 0 Å². The minimum atomic E-state index is -0.415. The molecule has 2 fully saturated rings. The lowest BCUT2D eigenvalue weighted by molar-refractivity contribution is -0.128. The third kappa shape index (κ3) is 2.03. The number of thioether (sulfide) groups is 1. The molecule has 1 saturated heterocycles. The minimum Gasteiger partial charge on any atom is -0.354 e. The van der Waals surface area contributed by atoms with Crippen LogP contribution in [0.2, 0.25) is 0 Å². The number of carbonyl (C=O) groups is 1. The number of anilines is 1. The lowest BCUT2D eigenvalue weighted by Crippen LogP contribution is -2.63. The molecule has 5 nitrogen and oxygen atoms in total. The zero-order valence-electron chi connectivity index (χ0n) is 13.0. The Morgan fingerprint density at radius 3 is 2.91 bits per heavy atom. The van der Waals surface area contributed by atoms with Gasteiger partial charge in [0, 0.05) is 30.8 Å². The van der Waals surface area contributed by atoms with Gasteiger partial charge >= 0.3 is 0 Å². The number of fused-ring (bicyclic) bond motifs is 1. The maximum atomic E-state index is 12.8. The number of rotatable bonds is 2. The monoisotopic (exact) mass is 318 g/mol. The van der Waals surface area contributed by atoms with Crippen molar-refractivity contribution in [3.05, 3.63) is 11.8 Å². The molecule has 6 heteroatoms. The molecule has 2 aliphatic heterocycles. The van der Waals surface area contributed by atoms with Gasteiger partial charge in [0.1, 0.15) is 11.4 Å². The van der Waals surface area contributed by atoms with E-state index >= 15 is 0 Å². The Kier molecular flexibility index (Phi) is 3.51. The molecule has 1 N–H and O–H groups in total. The summed E-state index contributed by atoms with van der Waals surface area (Å²) in [7, 11) is 0. The van der Waals surface area contributed by atoms with Gasteiger partial charge in [-0.15, -0.1) is 0 Å². The standard InChI is InChI=1S/C16H22N4OS/c1-22-15-18-10-11-9-16(7-4-8-17-14(16)21)20(13(11)19-15)12-5-2-3-6-12/h10,12H,2-9H2,1H3,(H,17,21). The van der Waals surface area contributed by atoms with Crippen LogP contribution in [0.1, 0.15) is 44.1 Å². The van der Waals surface area contributed by atoms with E-state index in [1.54, 1.807) is 11.8 Å². The van der Waals surface area contributed by atoms with Gasteiger partial charge < -0.3 is 10.2 Å². The van der Waals surface area contributed by atoms with Crippen LogP contribution in [0.5, 0.6) is 0 Å². The average molecular weight is 318 g/mol. The fraction of sp³-hybridized carbons (Fsp3) is 0.688. The van der Waals surface area contributed by atoms with Gasteiger partial charge in [-0.05, 0) is 31.9 Å². The summed E-state index contributed by atoms with van der Waals surface area (Å²) >= 11 is 1.57. The molecule has 1 saturated carbocycles. The third-order valence-corrected chi connectivity index (χ3v) is 5.90. The third-order valence-electron chi connectivity index (χ3n) is 5.34. The predicted molar refractivity (Wildman–Crippen MR) is 87.2 cm³/mol. The van der Waals surface area contributed by atoms with Crippen molar-refractivity contribution >= 4 is 23.5 Å². The van der Waals surface area contributed by atoms with Gasteiger partial charge in [-0.1, -0.05) is 24.6 Å². The topological polar surface area (TPSA) is 58.1 Å². The molecule has 3 aliphatic rings. The molecule has 0 bridgehead atoms. The van der Waals surface area contributed by atoms with Crippen LogP contribution in [0.3, 0.4) is 0 Å². The van der Waals surface area contributed by atoms with Crippen LogP contribution in [0.15, 0.2) is 11.4 Å². The van der Waals surface area contributed by atoms with Crippen molar-refractivity contribution in [2.45, 2.75) is 61.7 Å². The first-order valence-corrected chi connectivity index (χ1v) is 9.45. The van der Waals surface area contributed by atoms with Crippen molar-refractivity contribution in [1.82, 2.24) is 15.3 Å². The highest BCUT2D eigenvalue weighted by Gasteiger charge is 2.53. The maximum absolute atomic E-state index is 12.8. The van der Waals surface area contributed by atoms with Crippen LogP contribution in [0.4, 0.5) is 5.82 Å². The first-order valence-electron chi connectivity index (χ1n) is 8.22. The van der Waals surface area contributed by atoms with Gasteiger partial charge in [-0.3, -0.25) is 4.79 Å². The highest BCUT2D eigenvalue weighted by molar-refractivity contribution is 7.98. The van der Waals surface area contributed by atoms with E-state index < -0.39 is 5.54 Å². The van der Waals surface area contributed by atoms with Gasteiger partial charge in [-0.25, -0.2) is 9.97 Å². The second-order valence-electron chi connectivity index (χ2n) is 6.58. The van der Waals surface area contributed by atoms with E-state index in [-0.39, 0.29) is 5.91 Å². The number of hydrogen-bond acceptors (Lipinski definition) is 5. The molecule has 1 atom stereocenters. The summed E-state index contributed by atoms with van der Waals surface area (Å²) in [6, 6.07) is 0.453. The number of hydrogen-bond donors (Lipinski definition) is 1. The summed E-state index contributed by atoms with van der Waals surface area (Å²) < 4.78 is 0. The molecule has 1 spiro atoms. The van der Waals surface area contributed by atoms with Crippen molar-refractivity contribution in [1.29, 1.82) is 0 Å². The molecule has 1 aromatic heterocycles. The van der Waals surface area contributed by atoms with Crippen molar-refractivity contribution in [3.8, 4) is 0 Å². The lowest BCUT2D eigenvalue weighted by atomic mass is 9.84. The first-order chi connectivity index (χ1) is 10.7. The largest absolute Gasteiger partial charge is 0.354 e. The number of piperidine rings is 1. The number of carbonyl (C=O) groups excluding carboxylic acids is 1. The van der Waals surface area contributed by atoms with Crippen molar-refractivity contribution in [2.75, 3.05) is 17.7 Å². The molecule has 1 aromatic rings. The van der Waals surface area contributed by atoms with Crippen LogP contribution >= 0.6 is 11.8 Å². The van der Waals surface area contributed by atoms with E-state index in [1.807, 2.05) is 12.5 Å². The van der Waals surface area contributed by atoms with Gasteiger partial charge in [0.15, 0.2) is 5.16 Å². The van der Waals surface area contributed by atoms with Gasteiger partial charge in [0.2, 0.25) is 5.91 Å². The molecule has 1 amide bonds.